The summed E-state index contributed by atoms with van der Waals surface area (Å²) in [4.78, 5) is 26.6. The van der Waals surface area contributed by atoms with Gasteiger partial charge in [0.1, 0.15) is 5.78 Å². The van der Waals surface area contributed by atoms with Gasteiger partial charge in [0.05, 0.1) is 6.54 Å². The second-order valence-corrected chi connectivity index (χ2v) is 4.59. The zero-order valence-corrected chi connectivity index (χ0v) is 10.5. The summed E-state index contributed by atoms with van der Waals surface area (Å²) in [6.45, 7) is 3.18. The Morgan fingerprint density at radius 1 is 1.31 bits per heavy atom. The van der Waals surface area contributed by atoms with Crippen LogP contribution in [0.15, 0.2) is 0 Å². The van der Waals surface area contributed by atoms with E-state index in [0.717, 1.165) is 19.4 Å². The molecule has 0 radical (unpaired) electrons. The third-order valence-electron chi connectivity index (χ3n) is 3.42. The topological polar surface area (TPSA) is 40.6 Å². The van der Waals surface area contributed by atoms with E-state index in [1.165, 1.54) is 0 Å². The molecule has 0 aromatic rings. The molecule has 0 aromatic heterocycles. The van der Waals surface area contributed by atoms with Gasteiger partial charge in [-0.15, -0.1) is 0 Å². The number of hydrogen-bond acceptors (Lipinski definition) is 3. The Hall–Kier alpha value is -0.900. The zero-order chi connectivity index (χ0) is 12.1. The molecular formula is C12H22N2O2. The van der Waals surface area contributed by atoms with Crippen LogP contribution in [-0.2, 0) is 9.59 Å². The monoisotopic (exact) mass is 226 g/mol. The van der Waals surface area contributed by atoms with Crippen LogP contribution in [0.2, 0.25) is 0 Å². The number of likely N-dealkylation sites (N-methyl/N-ethyl adjacent to an activating group) is 2. The Morgan fingerprint density at radius 3 is 2.38 bits per heavy atom. The van der Waals surface area contributed by atoms with Crippen molar-refractivity contribution in [3.8, 4) is 0 Å². The second kappa shape index (κ2) is 5.99. The molecular weight excluding hydrogens is 204 g/mol. The molecule has 92 valence electrons. The first kappa shape index (κ1) is 13.2. The SMILES string of the molecule is CCN(C)C(=O)CN(C)C1CCC(=O)CC1. The predicted molar refractivity (Wildman–Crippen MR) is 63.2 cm³/mol. The summed E-state index contributed by atoms with van der Waals surface area (Å²) >= 11 is 0. The summed E-state index contributed by atoms with van der Waals surface area (Å²) in [5.74, 6) is 0.517. The highest BCUT2D eigenvalue weighted by Crippen LogP contribution is 2.19. The van der Waals surface area contributed by atoms with Gasteiger partial charge < -0.3 is 4.90 Å². The molecule has 0 aromatic carbocycles. The van der Waals surface area contributed by atoms with Crippen LogP contribution in [0, 0.1) is 0 Å². The van der Waals surface area contributed by atoms with E-state index in [0.29, 0.717) is 31.2 Å². The standard InChI is InChI=1S/C12H22N2O2/c1-4-13(2)12(16)9-14(3)10-5-7-11(15)8-6-10/h10H,4-9H2,1-3H3. The van der Waals surface area contributed by atoms with Crippen molar-refractivity contribution in [1.29, 1.82) is 0 Å². The van der Waals surface area contributed by atoms with Gasteiger partial charge in [-0.2, -0.15) is 0 Å². The smallest absolute Gasteiger partial charge is 0.236 e. The van der Waals surface area contributed by atoms with Gasteiger partial charge in [0.2, 0.25) is 5.91 Å². The molecule has 0 saturated heterocycles. The van der Waals surface area contributed by atoms with E-state index in [4.69, 9.17) is 0 Å². The van der Waals surface area contributed by atoms with Gasteiger partial charge in [0.25, 0.3) is 0 Å². The van der Waals surface area contributed by atoms with Crippen molar-refractivity contribution in [2.24, 2.45) is 0 Å². The Kier molecular flexibility index (Phi) is 4.93. The predicted octanol–water partition coefficient (Wildman–Crippen LogP) is 0.908. The Balaban J connectivity index is 2.37. The van der Waals surface area contributed by atoms with Crippen LogP contribution in [0.25, 0.3) is 0 Å². The van der Waals surface area contributed by atoms with Gasteiger partial charge in [-0.3, -0.25) is 14.5 Å². The van der Waals surface area contributed by atoms with Crippen LogP contribution in [0.3, 0.4) is 0 Å². The Bertz CT molecular complexity index is 256. The number of amides is 1. The summed E-state index contributed by atoms with van der Waals surface area (Å²) in [6.07, 6.45) is 3.15. The van der Waals surface area contributed by atoms with Crippen LogP contribution in [0.4, 0.5) is 0 Å². The summed E-state index contributed by atoms with van der Waals surface area (Å²) in [6, 6.07) is 0.395. The number of ketones is 1. The first-order valence-electron chi connectivity index (χ1n) is 6.00. The first-order chi connectivity index (χ1) is 7.54. The minimum absolute atomic E-state index is 0.155. The van der Waals surface area contributed by atoms with E-state index in [9.17, 15) is 9.59 Å². The van der Waals surface area contributed by atoms with Gasteiger partial charge in [-0.1, -0.05) is 0 Å². The maximum absolute atomic E-state index is 11.7. The van der Waals surface area contributed by atoms with Crippen molar-refractivity contribution in [3.63, 3.8) is 0 Å². The summed E-state index contributed by atoms with van der Waals surface area (Å²) in [5.41, 5.74) is 0. The average Bonchev–Trinajstić information content (AvgIpc) is 2.28. The lowest BCUT2D eigenvalue weighted by atomic mass is 9.93. The quantitative estimate of drug-likeness (QED) is 0.715. The van der Waals surface area contributed by atoms with Crippen LogP contribution < -0.4 is 0 Å². The van der Waals surface area contributed by atoms with Crippen molar-refractivity contribution < 1.29 is 9.59 Å². The first-order valence-corrected chi connectivity index (χ1v) is 6.00. The molecule has 0 N–H and O–H groups in total. The molecule has 1 amide bonds. The third-order valence-corrected chi connectivity index (χ3v) is 3.42. The molecule has 4 nitrogen and oxygen atoms in total. The van der Waals surface area contributed by atoms with E-state index < -0.39 is 0 Å². The molecule has 0 spiro atoms. The molecule has 1 aliphatic rings. The average molecular weight is 226 g/mol. The van der Waals surface area contributed by atoms with Crippen molar-refractivity contribution in [3.05, 3.63) is 0 Å². The summed E-state index contributed by atoms with van der Waals surface area (Å²) in [7, 11) is 3.79. The highest BCUT2D eigenvalue weighted by molar-refractivity contribution is 5.79. The Morgan fingerprint density at radius 2 is 1.88 bits per heavy atom. The van der Waals surface area contributed by atoms with E-state index in [1.807, 2.05) is 21.0 Å². The van der Waals surface area contributed by atoms with Crippen molar-refractivity contribution in [2.45, 2.75) is 38.6 Å². The molecule has 0 atom stereocenters. The molecule has 0 bridgehead atoms. The van der Waals surface area contributed by atoms with Crippen LogP contribution in [0.5, 0.6) is 0 Å². The van der Waals surface area contributed by atoms with Crippen molar-refractivity contribution >= 4 is 11.7 Å². The number of hydrogen-bond donors (Lipinski definition) is 0. The fraction of sp³-hybridized carbons (Fsp3) is 0.833. The zero-order valence-electron chi connectivity index (χ0n) is 10.5. The third kappa shape index (κ3) is 3.59. The number of carbonyl (C=O) groups is 2. The van der Waals surface area contributed by atoms with Crippen LogP contribution in [0.1, 0.15) is 32.6 Å². The lowest BCUT2D eigenvalue weighted by Gasteiger charge is -2.31. The lowest BCUT2D eigenvalue weighted by Crippen LogP contribution is -2.42. The largest absolute Gasteiger partial charge is 0.345 e. The molecule has 0 aliphatic heterocycles. The van der Waals surface area contributed by atoms with Gasteiger partial charge in [0.15, 0.2) is 0 Å². The minimum atomic E-state index is 0.155. The fourth-order valence-corrected chi connectivity index (χ4v) is 2.00. The highest BCUT2D eigenvalue weighted by atomic mass is 16.2. The summed E-state index contributed by atoms with van der Waals surface area (Å²) in [5, 5.41) is 0. The van der Waals surface area contributed by atoms with E-state index in [1.54, 1.807) is 4.90 Å². The number of Topliss-reactive ketones (excluding diaryl/α,β-unsaturated/α-hetero) is 1. The van der Waals surface area contributed by atoms with Gasteiger partial charge in [-0.05, 0) is 26.8 Å². The summed E-state index contributed by atoms with van der Waals surface area (Å²) < 4.78 is 0. The second-order valence-electron chi connectivity index (χ2n) is 4.59. The maximum Gasteiger partial charge on any atom is 0.236 e. The molecule has 1 fully saturated rings. The highest BCUT2D eigenvalue weighted by Gasteiger charge is 2.23. The number of carbonyl (C=O) groups excluding carboxylic acids is 2. The van der Waals surface area contributed by atoms with Crippen LogP contribution >= 0.6 is 0 Å². The van der Waals surface area contributed by atoms with Gasteiger partial charge in [-0.25, -0.2) is 0 Å². The van der Waals surface area contributed by atoms with Gasteiger partial charge in [0, 0.05) is 32.5 Å². The van der Waals surface area contributed by atoms with E-state index in [-0.39, 0.29) is 5.91 Å². The molecule has 1 saturated carbocycles. The molecule has 1 rings (SSSR count). The number of nitrogens with zero attached hydrogens (tertiary/aromatic N) is 2. The maximum atomic E-state index is 11.7. The van der Waals surface area contributed by atoms with E-state index >= 15 is 0 Å². The Labute approximate surface area is 97.6 Å². The lowest BCUT2D eigenvalue weighted by molar-refractivity contribution is -0.131. The minimum Gasteiger partial charge on any atom is -0.345 e. The van der Waals surface area contributed by atoms with Crippen LogP contribution in [-0.4, -0.2) is 54.7 Å². The fourth-order valence-electron chi connectivity index (χ4n) is 2.00. The molecule has 0 unspecified atom stereocenters. The molecule has 4 heteroatoms. The van der Waals surface area contributed by atoms with E-state index in [2.05, 4.69) is 4.90 Å². The number of rotatable bonds is 4. The molecule has 0 heterocycles. The molecule has 1 aliphatic carbocycles. The van der Waals surface area contributed by atoms with Crippen molar-refractivity contribution in [1.82, 2.24) is 9.80 Å². The normalized spacial score (nSPS) is 17.9. The molecule has 16 heavy (non-hydrogen) atoms. The van der Waals surface area contributed by atoms with Gasteiger partial charge >= 0.3 is 0 Å². The van der Waals surface area contributed by atoms with Crippen molar-refractivity contribution in [2.75, 3.05) is 27.2 Å².